The molecule has 0 spiro atoms. The van der Waals surface area contributed by atoms with E-state index in [1.165, 1.54) is 36.5 Å². The first-order chi connectivity index (χ1) is 12.4. The van der Waals surface area contributed by atoms with Crippen LogP contribution in [0.3, 0.4) is 0 Å². The number of nitro groups is 1. The monoisotopic (exact) mass is 374 g/mol. The van der Waals surface area contributed by atoms with Gasteiger partial charge in [0, 0.05) is 40.4 Å². The summed E-state index contributed by atoms with van der Waals surface area (Å²) in [4.78, 5) is 33.6. The molecule has 0 saturated carbocycles. The van der Waals surface area contributed by atoms with Gasteiger partial charge in [0.15, 0.2) is 0 Å². The molecular weight excluding hydrogens is 360 g/mol. The van der Waals surface area contributed by atoms with Gasteiger partial charge in [0.05, 0.1) is 11.1 Å². The molecule has 0 saturated heterocycles. The fourth-order valence-electron chi connectivity index (χ4n) is 1.92. The molecule has 8 nitrogen and oxygen atoms in total. The zero-order valence-corrected chi connectivity index (χ0v) is 14.5. The maximum Gasteiger partial charge on any atom is 0.271 e. The van der Waals surface area contributed by atoms with Gasteiger partial charge in [0.2, 0.25) is 5.91 Å². The predicted octanol–water partition coefficient (Wildman–Crippen LogP) is 3.36. The van der Waals surface area contributed by atoms with Crippen LogP contribution < -0.4 is 10.7 Å². The lowest BCUT2D eigenvalue weighted by Crippen LogP contribution is -2.17. The molecule has 0 heterocycles. The standard InChI is InChI=1S/C17H15ClN4O4/c1-2-16(23)20-13-5-3-11(4-6-13)17(24)21-19-10-12-9-14(22(25)26)7-8-15(12)18/h3-10H,2H2,1H3,(H,20,23)(H,21,24)/b19-10-. The number of carbonyl (C=O) groups is 2. The molecule has 0 fully saturated rings. The van der Waals surface area contributed by atoms with Crippen LogP contribution in [0, 0.1) is 10.1 Å². The number of amides is 2. The molecule has 2 rings (SSSR count). The number of halogens is 1. The van der Waals surface area contributed by atoms with Crippen LogP contribution in [0.15, 0.2) is 47.6 Å². The van der Waals surface area contributed by atoms with Gasteiger partial charge in [-0.1, -0.05) is 18.5 Å². The molecule has 0 aliphatic carbocycles. The Bertz CT molecular complexity index is 866. The van der Waals surface area contributed by atoms with Crippen LogP contribution in [0.2, 0.25) is 5.02 Å². The van der Waals surface area contributed by atoms with Gasteiger partial charge < -0.3 is 5.32 Å². The fourth-order valence-corrected chi connectivity index (χ4v) is 2.09. The van der Waals surface area contributed by atoms with E-state index in [1.807, 2.05) is 0 Å². The van der Waals surface area contributed by atoms with Gasteiger partial charge in [-0.15, -0.1) is 0 Å². The summed E-state index contributed by atoms with van der Waals surface area (Å²) in [6.07, 6.45) is 1.58. The second-order valence-corrected chi connectivity index (χ2v) is 5.55. The number of carbonyl (C=O) groups excluding carboxylic acids is 2. The summed E-state index contributed by atoms with van der Waals surface area (Å²) in [5.74, 6) is -0.600. The van der Waals surface area contributed by atoms with Gasteiger partial charge in [0.25, 0.3) is 11.6 Å². The van der Waals surface area contributed by atoms with Gasteiger partial charge in [-0.3, -0.25) is 19.7 Å². The third kappa shape index (κ3) is 5.12. The Morgan fingerprint density at radius 3 is 2.54 bits per heavy atom. The number of hydrazone groups is 1. The number of nitro benzene ring substituents is 1. The maximum absolute atomic E-state index is 12.0. The predicted molar refractivity (Wildman–Crippen MR) is 98.5 cm³/mol. The molecule has 0 radical (unpaired) electrons. The van der Waals surface area contributed by atoms with E-state index in [1.54, 1.807) is 19.1 Å². The van der Waals surface area contributed by atoms with Crippen LogP contribution >= 0.6 is 11.6 Å². The van der Waals surface area contributed by atoms with Gasteiger partial charge in [0.1, 0.15) is 0 Å². The molecule has 2 N–H and O–H groups in total. The Labute approximate surface area is 154 Å². The van der Waals surface area contributed by atoms with Crippen molar-refractivity contribution in [3.63, 3.8) is 0 Å². The highest BCUT2D eigenvalue weighted by molar-refractivity contribution is 6.33. The minimum Gasteiger partial charge on any atom is -0.326 e. The zero-order valence-electron chi connectivity index (χ0n) is 13.7. The molecule has 0 bridgehead atoms. The maximum atomic E-state index is 12.0. The third-order valence-electron chi connectivity index (χ3n) is 3.31. The van der Waals surface area contributed by atoms with Crippen molar-refractivity contribution >= 4 is 41.0 Å². The molecule has 0 unspecified atom stereocenters. The average Bonchev–Trinajstić information content (AvgIpc) is 2.63. The Morgan fingerprint density at radius 2 is 1.92 bits per heavy atom. The minimum absolute atomic E-state index is 0.124. The van der Waals surface area contributed by atoms with Crippen molar-refractivity contribution in [2.24, 2.45) is 5.10 Å². The van der Waals surface area contributed by atoms with Gasteiger partial charge in [-0.05, 0) is 30.3 Å². The molecule has 134 valence electrons. The van der Waals surface area contributed by atoms with Crippen LogP contribution in [0.5, 0.6) is 0 Å². The highest BCUT2D eigenvalue weighted by atomic mass is 35.5. The van der Waals surface area contributed by atoms with E-state index in [4.69, 9.17) is 11.6 Å². The lowest BCUT2D eigenvalue weighted by atomic mass is 10.2. The van der Waals surface area contributed by atoms with E-state index in [2.05, 4.69) is 15.8 Å². The molecule has 2 aromatic carbocycles. The third-order valence-corrected chi connectivity index (χ3v) is 3.66. The quantitative estimate of drug-likeness (QED) is 0.458. The summed E-state index contributed by atoms with van der Waals surface area (Å²) < 4.78 is 0. The summed E-state index contributed by atoms with van der Waals surface area (Å²) in [7, 11) is 0. The Morgan fingerprint density at radius 1 is 1.23 bits per heavy atom. The number of non-ortho nitro benzene ring substituents is 1. The summed E-state index contributed by atoms with van der Waals surface area (Å²) in [6, 6.07) is 10.2. The smallest absolute Gasteiger partial charge is 0.271 e. The summed E-state index contributed by atoms with van der Waals surface area (Å²) in [5.41, 5.74) is 3.40. The van der Waals surface area contributed by atoms with E-state index in [0.717, 1.165) is 0 Å². The highest BCUT2D eigenvalue weighted by Crippen LogP contribution is 2.20. The number of hydrogen-bond donors (Lipinski definition) is 2. The first kappa shape index (κ1) is 19.1. The topological polar surface area (TPSA) is 114 Å². The van der Waals surface area contributed by atoms with E-state index in [9.17, 15) is 19.7 Å². The molecule has 0 atom stereocenters. The highest BCUT2D eigenvalue weighted by Gasteiger charge is 2.09. The first-order valence-corrected chi connectivity index (χ1v) is 7.95. The molecule has 26 heavy (non-hydrogen) atoms. The van der Waals surface area contributed by atoms with Crippen LogP contribution in [0.4, 0.5) is 11.4 Å². The van der Waals surface area contributed by atoms with Gasteiger partial charge >= 0.3 is 0 Å². The normalized spacial score (nSPS) is 10.5. The van der Waals surface area contributed by atoms with E-state index in [0.29, 0.717) is 23.2 Å². The van der Waals surface area contributed by atoms with E-state index < -0.39 is 10.8 Å². The van der Waals surface area contributed by atoms with Crippen molar-refractivity contribution in [2.75, 3.05) is 5.32 Å². The number of benzene rings is 2. The first-order valence-electron chi connectivity index (χ1n) is 7.58. The van der Waals surface area contributed by atoms with Crippen LogP contribution in [0.25, 0.3) is 0 Å². The zero-order chi connectivity index (χ0) is 19.1. The molecule has 0 aliphatic heterocycles. The lowest BCUT2D eigenvalue weighted by molar-refractivity contribution is -0.384. The van der Waals surface area contributed by atoms with E-state index >= 15 is 0 Å². The average molecular weight is 375 g/mol. The van der Waals surface area contributed by atoms with Crippen molar-refractivity contribution in [3.05, 3.63) is 68.7 Å². The van der Waals surface area contributed by atoms with Crippen LogP contribution in [-0.2, 0) is 4.79 Å². The Hall–Kier alpha value is -3.26. The molecule has 2 amide bonds. The van der Waals surface area contributed by atoms with Crippen molar-refractivity contribution in [3.8, 4) is 0 Å². The minimum atomic E-state index is -0.550. The summed E-state index contributed by atoms with van der Waals surface area (Å²) in [5, 5.41) is 17.5. The Balaban J connectivity index is 2.02. The molecule has 0 aliphatic rings. The molecule has 2 aromatic rings. The van der Waals surface area contributed by atoms with Gasteiger partial charge in [-0.25, -0.2) is 5.43 Å². The fraction of sp³-hybridized carbons (Fsp3) is 0.118. The van der Waals surface area contributed by atoms with Crippen molar-refractivity contribution in [2.45, 2.75) is 13.3 Å². The second kappa shape index (κ2) is 8.72. The second-order valence-electron chi connectivity index (χ2n) is 5.14. The molecule has 0 aromatic heterocycles. The number of nitrogens with zero attached hydrogens (tertiary/aromatic N) is 2. The summed E-state index contributed by atoms with van der Waals surface area (Å²) in [6.45, 7) is 1.74. The number of hydrogen-bond acceptors (Lipinski definition) is 5. The van der Waals surface area contributed by atoms with Crippen LogP contribution in [-0.4, -0.2) is 23.0 Å². The number of nitrogens with one attached hydrogen (secondary N) is 2. The van der Waals surface area contributed by atoms with Crippen molar-refractivity contribution in [1.29, 1.82) is 0 Å². The largest absolute Gasteiger partial charge is 0.326 e. The Kier molecular flexibility index (Phi) is 6.40. The SMILES string of the molecule is CCC(=O)Nc1ccc(C(=O)N/N=C\c2cc([N+](=O)[O-])ccc2Cl)cc1. The molecule has 9 heteroatoms. The summed E-state index contributed by atoms with van der Waals surface area (Å²) >= 11 is 5.94. The van der Waals surface area contributed by atoms with Crippen LogP contribution in [0.1, 0.15) is 29.3 Å². The van der Waals surface area contributed by atoms with Gasteiger partial charge in [-0.2, -0.15) is 5.10 Å². The molecular formula is C17H15ClN4O4. The van der Waals surface area contributed by atoms with E-state index in [-0.39, 0.29) is 16.6 Å². The lowest BCUT2D eigenvalue weighted by Gasteiger charge is -2.05. The number of rotatable bonds is 6. The van der Waals surface area contributed by atoms with Crippen molar-refractivity contribution < 1.29 is 14.5 Å². The number of anilines is 1. The van der Waals surface area contributed by atoms with Crippen molar-refractivity contribution in [1.82, 2.24) is 5.43 Å².